The summed E-state index contributed by atoms with van der Waals surface area (Å²) in [6.07, 6.45) is 56.8. The van der Waals surface area contributed by atoms with Crippen LogP contribution >= 0.6 is 15.6 Å². The minimum absolute atomic E-state index is 0.108. The lowest BCUT2D eigenvalue weighted by atomic mass is 10.0. The van der Waals surface area contributed by atoms with Gasteiger partial charge in [0.1, 0.15) is 19.3 Å². The van der Waals surface area contributed by atoms with Crippen LogP contribution in [0.1, 0.15) is 401 Å². The Morgan fingerprint density at radius 1 is 0.281 bits per heavy atom. The predicted molar refractivity (Wildman–Crippen MR) is 391 cm³/mol. The second-order valence-corrected chi connectivity index (χ2v) is 31.6. The van der Waals surface area contributed by atoms with E-state index in [1.165, 1.54) is 218 Å². The average molecular weight is 1410 g/mol. The van der Waals surface area contributed by atoms with Crippen molar-refractivity contribution >= 4 is 39.5 Å². The number of rotatable bonds is 76. The van der Waals surface area contributed by atoms with Gasteiger partial charge in [-0.25, -0.2) is 9.13 Å². The highest BCUT2D eigenvalue weighted by molar-refractivity contribution is 7.47. The first-order chi connectivity index (χ1) is 46.4. The number of hydrogen-bond acceptors (Lipinski definition) is 15. The molecule has 0 aliphatic carbocycles. The molecular weight excluding hydrogens is 1260 g/mol. The van der Waals surface area contributed by atoms with Crippen LogP contribution in [0.25, 0.3) is 0 Å². The van der Waals surface area contributed by atoms with E-state index in [1.54, 1.807) is 0 Å². The zero-order valence-corrected chi connectivity index (χ0v) is 64.5. The van der Waals surface area contributed by atoms with Gasteiger partial charge in [-0.1, -0.05) is 350 Å². The summed E-state index contributed by atoms with van der Waals surface area (Å²) < 4.78 is 68.5. The molecule has 0 saturated heterocycles. The molecule has 570 valence electrons. The average Bonchev–Trinajstić information content (AvgIpc) is 2.62. The molecule has 3 N–H and O–H groups in total. The Morgan fingerprint density at radius 3 is 0.708 bits per heavy atom. The Bertz CT molecular complexity index is 1860. The van der Waals surface area contributed by atoms with E-state index in [0.29, 0.717) is 25.7 Å². The van der Waals surface area contributed by atoms with Gasteiger partial charge in [-0.2, -0.15) is 0 Å². The number of ether oxygens (including phenoxy) is 4. The fourth-order valence-corrected chi connectivity index (χ4v) is 13.4. The van der Waals surface area contributed by atoms with Crippen LogP contribution in [0.5, 0.6) is 0 Å². The van der Waals surface area contributed by atoms with Crippen molar-refractivity contribution in [2.45, 2.75) is 419 Å². The first-order valence-electron chi connectivity index (χ1n) is 40.0. The lowest BCUT2D eigenvalue weighted by Crippen LogP contribution is -2.30. The van der Waals surface area contributed by atoms with Gasteiger partial charge in [0.25, 0.3) is 0 Å². The molecule has 0 saturated carbocycles. The second-order valence-electron chi connectivity index (χ2n) is 28.7. The molecule has 96 heavy (non-hydrogen) atoms. The van der Waals surface area contributed by atoms with E-state index in [1.807, 2.05) is 0 Å². The van der Waals surface area contributed by atoms with Gasteiger partial charge in [-0.3, -0.25) is 37.3 Å². The molecule has 19 heteroatoms. The molecular formula is C77H150O17P2. The van der Waals surface area contributed by atoms with Crippen molar-refractivity contribution in [2.75, 3.05) is 39.6 Å². The van der Waals surface area contributed by atoms with Crippen LogP contribution in [0.15, 0.2) is 0 Å². The fourth-order valence-electron chi connectivity index (χ4n) is 11.8. The largest absolute Gasteiger partial charge is 0.472 e. The van der Waals surface area contributed by atoms with Gasteiger partial charge >= 0.3 is 39.5 Å². The number of unbranched alkanes of at least 4 members (excludes halogenated alkanes) is 46. The summed E-state index contributed by atoms with van der Waals surface area (Å²) in [7, 11) is -9.91. The van der Waals surface area contributed by atoms with Gasteiger partial charge < -0.3 is 33.8 Å². The predicted octanol–water partition coefficient (Wildman–Crippen LogP) is 22.7. The second kappa shape index (κ2) is 68.8. The Kier molecular flexibility index (Phi) is 67.4. The highest BCUT2D eigenvalue weighted by Crippen LogP contribution is 2.45. The van der Waals surface area contributed by atoms with E-state index >= 15 is 0 Å². The van der Waals surface area contributed by atoms with Crippen LogP contribution in [0.4, 0.5) is 0 Å². The molecule has 5 atom stereocenters. The van der Waals surface area contributed by atoms with Crippen molar-refractivity contribution < 1.29 is 80.2 Å². The third kappa shape index (κ3) is 70.5. The molecule has 0 rings (SSSR count). The van der Waals surface area contributed by atoms with Crippen LogP contribution in [0.3, 0.4) is 0 Å². The van der Waals surface area contributed by atoms with Crippen LogP contribution in [-0.4, -0.2) is 96.7 Å². The van der Waals surface area contributed by atoms with Crippen molar-refractivity contribution in [1.29, 1.82) is 0 Å². The van der Waals surface area contributed by atoms with E-state index < -0.39 is 97.5 Å². The first kappa shape index (κ1) is 94.1. The smallest absolute Gasteiger partial charge is 0.462 e. The maximum Gasteiger partial charge on any atom is 0.472 e. The quantitative estimate of drug-likeness (QED) is 0.0222. The van der Waals surface area contributed by atoms with Crippen molar-refractivity contribution in [3.8, 4) is 0 Å². The van der Waals surface area contributed by atoms with Crippen molar-refractivity contribution in [3.05, 3.63) is 0 Å². The van der Waals surface area contributed by atoms with Crippen molar-refractivity contribution in [1.82, 2.24) is 0 Å². The zero-order chi connectivity index (χ0) is 70.7. The minimum Gasteiger partial charge on any atom is -0.462 e. The monoisotopic (exact) mass is 1410 g/mol. The third-order valence-electron chi connectivity index (χ3n) is 18.0. The zero-order valence-electron chi connectivity index (χ0n) is 62.7. The topological polar surface area (TPSA) is 237 Å². The molecule has 0 bridgehead atoms. The van der Waals surface area contributed by atoms with Gasteiger partial charge in [0, 0.05) is 25.7 Å². The van der Waals surface area contributed by atoms with E-state index in [-0.39, 0.29) is 25.7 Å². The number of phosphoric ester groups is 2. The number of carbonyl (C=O) groups excluding carboxylic acids is 4. The summed E-state index contributed by atoms with van der Waals surface area (Å²) in [5, 5.41) is 10.6. The maximum atomic E-state index is 13.1. The molecule has 0 aromatic heterocycles. The Balaban J connectivity index is 5.23. The molecule has 0 spiro atoms. The molecule has 0 fully saturated rings. The van der Waals surface area contributed by atoms with Gasteiger partial charge in [0.2, 0.25) is 0 Å². The van der Waals surface area contributed by atoms with Crippen LogP contribution in [-0.2, 0) is 65.4 Å². The number of aliphatic hydroxyl groups excluding tert-OH is 1. The molecule has 0 aliphatic rings. The van der Waals surface area contributed by atoms with Gasteiger partial charge in [-0.15, -0.1) is 0 Å². The highest BCUT2D eigenvalue weighted by atomic mass is 31.2. The number of aliphatic hydroxyl groups is 1. The number of esters is 4. The summed E-state index contributed by atoms with van der Waals surface area (Å²) in [4.78, 5) is 72.8. The standard InChI is InChI=1S/C77H150O17P2/c1-7-9-11-13-15-17-18-19-24-31-37-43-49-55-61-76(81)93-72(65-87-74(79)59-53-47-41-33-16-14-12-10-8-2)67-91-95(83,84)89-63-71(78)64-90-96(85,86)92-68-73(66-88-75(80)60-54-48-42-36-30-27-26-29-35-40-46-52-58-70(5)6)94-77(82)62-56-50-44-38-32-25-22-20-21-23-28-34-39-45-51-57-69(3)4/h69-73,78H,7-68H2,1-6H3,(H,83,84)(H,85,86)/t71-,72+,73+/m0/s1. The summed E-state index contributed by atoms with van der Waals surface area (Å²) in [6.45, 7) is 9.63. The SMILES string of the molecule is CCCCCCCCCCCCCCCCC(=O)O[C@H](COC(=O)CCCCCCCCCCC)COP(=O)(O)OC[C@H](O)COP(=O)(O)OC[C@@H](COC(=O)CCCCCCCCCCCCCCC(C)C)OC(=O)CCCCCCCCCCCCCCCCCC(C)C. The molecule has 0 aromatic carbocycles. The van der Waals surface area contributed by atoms with Crippen LogP contribution < -0.4 is 0 Å². The minimum atomic E-state index is -4.96. The lowest BCUT2D eigenvalue weighted by Gasteiger charge is -2.21. The Morgan fingerprint density at radius 2 is 0.479 bits per heavy atom. The van der Waals surface area contributed by atoms with Crippen molar-refractivity contribution in [2.24, 2.45) is 11.8 Å². The Labute approximate surface area is 588 Å². The molecule has 0 amide bonds. The van der Waals surface area contributed by atoms with Gasteiger partial charge in [-0.05, 0) is 37.5 Å². The van der Waals surface area contributed by atoms with E-state index in [0.717, 1.165) is 102 Å². The molecule has 0 aliphatic heterocycles. The molecule has 0 aromatic rings. The molecule has 17 nitrogen and oxygen atoms in total. The molecule has 0 radical (unpaired) electrons. The number of phosphoric acid groups is 2. The van der Waals surface area contributed by atoms with Crippen LogP contribution in [0.2, 0.25) is 0 Å². The maximum absolute atomic E-state index is 13.1. The van der Waals surface area contributed by atoms with Crippen LogP contribution in [0, 0.1) is 11.8 Å². The number of carbonyl (C=O) groups is 4. The summed E-state index contributed by atoms with van der Waals surface area (Å²) >= 11 is 0. The summed E-state index contributed by atoms with van der Waals surface area (Å²) in [5.41, 5.74) is 0. The first-order valence-corrected chi connectivity index (χ1v) is 43.0. The molecule has 2 unspecified atom stereocenters. The van der Waals surface area contributed by atoms with Gasteiger partial charge in [0.05, 0.1) is 26.4 Å². The summed E-state index contributed by atoms with van der Waals surface area (Å²) in [5.74, 6) is -0.529. The third-order valence-corrected chi connectivity index (χ3v) is 19.9. The van der Waals surface area contributed by atoms with Gasteiger partial charge in [0.15, 0.2) is 12.2 Å². The lowest BCUT2D eigenvalue weighted by molar-refractivity contribution is -0.161. The van der Waals surface area contributed by atoms with E-state index in [9.17, 15) is 43.2 Å². The highest BCUT2D eigenvalue weighted by Gasteiger charge is 2.30. The van der Waals surface area contributed by atoms with E-state index in [2.05, 4.69) is 41.5 Å². The normalized spacial score (nSPS) is 14.0. The fraction of sp³-hybridized carbons (Fsp3) is 0.948. The Hall–Kier alpha value is -1.94. The molecule has 0 heterocycles. The van der Waals surface area contributed by atoms with E-state index in [4.69, 9.17) is 37.0 Å². The summed E-state index contributed by atoms with van der Waals surface area (Å²) in [6, 6.07) is 0. The van der Waals surface area contributed by atoms with Crippen molar-refractivity contribution in [3.63, 3.8) is 0 Å². The number of hydrogen-bond donors (Lipinski definition) is 3.